The van der Waals surface area contributed by atoms with Gasteiger partial charge in [-0.05, 0) is 36.8 Å². The topological polar surface area (TPSA) is 46.3 Å². The van der Waals surface area contributed by atoms with Gasteiger partial charge >= 0.3 is 0 Å². The number of amides is 1. The molecule has 1 saturated heterocycles. The Balaban J connectivity index is 1.95. The molecule has 4 heteroatoms. The molecule has 1 aliphatic rings. The first-order valence-electron chi connectivity index (χ1n) is 6.49. The first-order chi connectivity index (χ1) is 9.58. The smallest absolute Gasteiger partial charge is 0.247 e. The van der Waals surface area contributed by atoms with Crippen molar-refractivity contribution in [1.82, 2.24) is 0 Å². The van der Waals surface area contributed by atoms with E-state index in [-0.39, 0.29) is 11.9 Å². The Morgan fingerprint density at radius 3 is 2.25 bits per heavy atom. The predicted molar refractivity (Wildman–Crippen MR) is 83.5 cm³/mol. The number of nitrogens with zero attached hydrogens (tertiary/aromatic N) is 1. The maximum Gasteiger partial charge on any atom is 0.247 e. The molecule has 2 unspecified atom stereocenters. The van der Waals surface area contributed by atoms with Crippen LogP contribution in [0.5, 0.6) is 0 Å². The summed E-state index contributed by atoms with van der Waals surface area (Å²) in [5.74, 6) is -0.0261. The molecule has 3 nitrogen and oxygen atoms in total. The van der Waals surface area contributed by atoms with Gasteiger partial charge in [0.05, 0.1) is 6.04 Å². The third-order valence-corrected chi connectivity index (χ3v) is 4.19. The summed E-state index contributed by atoms with van der Waals surface area (Å²) in [6.07, 6.45) is 0. The van der Waals surface area contributed by atoms with Gasteiger partial charge in [0.15, 0.2) is 0 Å². The average molecular weight is 331 g/mol. The zero-order valence-electron chi connectivity index (χ0n) is 11.1. The van der Waals surface area contributed by atoms with E-state index in [9.17, 15) is 4.79 Å². The molecular weight excluding hydrogens is 316 g/mol. The van der Waals surface area contributed by atoms with E-state index >= 15 is 0 Å². The van der Waals surface area contributed by atoms with Crippen molar-refractivity contribution in [3.63, 3.8) is 0 Å². The van der Waals surface area contributed by atoms with Crippen LogP contribution in [0.15, 0.2) is 53.0 Å². The minimum atomic E-state index is -0.461. The molecule has 3 rings (SSSR count). The summed E-state index contributed by atoms with van der Waals surface area (Å²) < 4.78 is 1.02. The number of benzene rings is 2. The highest BCUT2D eigenvalue weighted by Gasteiger charge is 2.46. The second kappa shape index (κ2) is 5.04. The van der Waals surface area contributed by atoms with E-state index in [1.807, 2.05) is 55.5 Å². The Labute approximate surface area is 126 Å². The van der Waals surface area contributed by atoms with Crippen molar-refractivity contribution >= 4 is 27.5 Å². The standard InChI is InChI=1S/C16H15BrN2O/c1-10-2-8-13(9-3-10)19-15(14(18)16(19)20)11-4-6-12(17)7-5-11/h2-9,14-15H,18H2,1H3. The van der Waals surface area contributed by atoms with E-state index in [0.717, 1.165) is 15.7 Å². The van der Waals surface area contributed by atoms with Crippen molar-refractivity contribution in [3.8, 4) is 0 Å². The van der Waals surface area contributed by atoms with Crippen LogP contribution in [0, 0.1) is 6.92 Å². The minimum absolute atomic E-state index is 0.0261. The molecule has 20 heavy (non-hydrogen) atoms. The Hall–Kier alpha value is -1.65. The fraction of sp³-hybridized carbons (Fsp3) is 0.188. The second-order valence-electron chi connectivity index (χ2n) is 5.07. The predicted octanol–water partition coefficient (Wildman–Crippen LogP) is 3.17. The normalized spacial score (nSPS) is 21.8. The molecule has 0 aromatic heterocycles. The highest BCUT2D eigenvalue weighted by Crippen LogP contribution is 2.38. The van der Waals surface area contributed by atoms with Crippen LogP contribution in [0.25, 0.3) is 0 Å². The quantitative estimate of drug-likeness (QED) is 0.859. The van der Waals surface area contributed by atoms with Gasteiger partial charge in [-0.1, -0.05) is 45.8 Å². The Morgan fingerprint density at radius 1 is 1.05 bits per heavy atom. The van der Waals surface area contributed by atoms with Crippen LogP contribution in [0.3, 0.4) is 0 Å². The SMILES string of the molecule is Cc1ccc(N2C(=O)C(N)C2c2ccc(Br)cc2)cc1. The molecule has 2 atom stereocenters. The molecule has 2 aromatic rings. The number of halogens is 1. The Morgan fingerprint density at radius 2 is 1.65 bits per heavy atom. The number of carbonyl (C=O) groups is 1. The van der Waals surface area contributed by atoms with E-state index in [1.165, 1.54) is 5.56 Å². The number of hydrogen-bond acceptors (Lipinski definition) is 2. The van der Waals surface area contributed by atoms with Crippen LogP contribution < -0.4 is 10.6 Å². The highest BCUT2D eigenvalue weighted by molar-refractivity contribution is 9.10. The summed E-state index contributed by atoms with van der Waals surface area (Å²) in [6, 6.07) is 15.3. The monoisotopic (exact) mass is 330 g/mol. The first-order valence-corrected chi connectivity index (χ1v) is 7.28. The van der Waals surface area contributed by atoms with E-state index in [2.05, 4.69) is 15.9 Å². The number of carbonyl (C=O) groups excluding carboxylic acids is 1. The number of rotatable bonds is 2. The van der Waals surface area contributed by atoms with Crippen LogP contribution in [0.1, 0.15) is 17.2 Å². The maximum absolute atomic E-state index is 12.1. The van der Waals surface area contributed by atoms with Crippen molar-refractivity contribution in [1.29, 1.82) is 0 Å². The van der Waals surface area contributed by atoms with Gasteiger partial charge in [-0.3, -0.25) is 4.79 Å². The summed E-state index contributed by atoms with van der Waals surface area (Å²) in [4.78, 5) is 13.9. The highest BCUT2D eigenvalue weighted by atomic mass is 79.9. The molecule has 102 valence electrons. The zero-order chi connectivity index (χ0) is 14.3. The van der Waals surface area contributed by atoms with E-state index in [1.54, 1.807) is 4.90 Å². The van der Waals surface area contributed by atoms with Crippen molar-refractivity contribution < 1.29 is 4.79 Å². The second-order valence-corrected chi connectivity index (χ2v) is 5.98. The van der Waals surface area contributed by atoms with Gasteiger partial charge in [-0.2, -0.15) is 0 Å². The summed E-state index contributed by atoms with van der Waals surface area (Å²) >= 11 is 3.42. The third kappa shape index (κ3) is 2.15. The summed E-state index contributed by atoms with van der Waals surface area (Å²) in [6.45, 7) is 2.03. The molecular formula is C16H15BrN2O. The lowest BCUT2D eigenvalue weighted by atomic mass is 9.88. The van der Waals surface area contributed by atoms with E-state index in [4.69, 9.17) is 5.73 Å². The molecule has 0 radical (unpaired) electrons. The van der Waals surface area contributed by atoms with Gasteiger partial charge in [-0.15, -0.1) is 0 Å². The zero-order valence-corrected chi connectivity index (χ0v) is 12.7. The van der Waals surface area contributed by atoms with Gasteiger partial charge < -0.3 is 10.6 Å². The minimum Gasteiger partial charge on any atom is -0.318 e. The lowest BCUT2D eigenvalue weighted by Gasteiger charge is -2.45. The Bertz CT molecular complexity index is 637. The molecule has 2 N–H and O–H groups in total. The van der Waals surface area contributed by atoms with Crippen molar-refractivity contribution in [2.24, 2.45) is 5.73 Å². The number of anilines is 1. The van der Waals surface area contributed by atoms with Crippen molar-refractivity contribution in [2.75, 3.05) is 4.90 Å². The summed E-state index contributed by atoms with van der Waals surface area (Å²) in [5.41, 5.74) is 9.12. The number of β-lactam (4-membered cyclic amide) rings is 1. The molecule has 1 heterocycles. The fourth-order valence-corrected chi connectivity index (χ4v) is 2.79. The lowest BCUT2D eigenvalue weighted by molar-refractivity contribution is -0.126. The number of hydrogen-bond donors (Lipinski definition) is 1. The van der Waals surface area contributed by atoms with Crippen LogP contribution >= 0.6 is 15.9 Å². The van der Waals surface area contributed by atoms with Gasteiger partial charge in [0, 0.05) is 10.2 Å². The largest absolute Gasteiger partial charge is 0.318 e. The number of nitrogens with two attached hydrogens (primary N) is 1. The number of aryl methyl sites for hydroxylation is 1. The molecule has 0 saturated carbocycles. The fourth-order valence-electron chi connectivity index (χ4n) is 2.52. The van der Waals surface area contributed by atoms with Crippen molar-refractivity contribution in [2.45, 2.75) is 19.0 Å². The van der Waals surface area contributed by atoms with Gasteiger partial charge in [-0.25, -0.2) is 0 Å². The van der Waals surface area contributed by atoms with Crippen molar-refractivity contribution in [3.05, 3.63) is 64.1 Å². The van der Waals surface area contributed by atoms with Crippen LogP contribution in [-0.2, 0) is 4.79 Å². The van der Waals surface area contributed by atoms with E-state index < -0.39 is 6.04 Å². The molecule has 0 spiro atoms. The van der Waals surface area contributed by atoms with Crippen LogP contribution in [-0.4, -0.2) is 11.9 Å². The third-order valence-electron chi connectivity index (χ3n) is 3.66. The average Bonchev–Trinajstić information content (AvgIpc) is 2.46. The summed E-state index contributed by atoms with van der Waals surface area (Å²) in [7, 11) is 0. The molecule has 1 aliphatic heterocycles. The molecule has 1 amide bonds. The lowest BCUT2D eigenvalue weighted by Crippen LogP contribution is -2.63. The molecule has 2 aromatic carbocycles. The molecule has 1 fully saturated rings. The first kappa shape index (κ1) is 13.3. The Kier molecular flexibility index (Phi) is 3.36. The van der Waals surface area contributed by atoms with Gasteiger partial charge in [0.2, 0.25) is 5.91 Å². The molecule has 0 aliphatic carbocycles. The van der Waals surface area contributed by atoms with E-state index in [0.29, 0.717) is 0 Å². The summed E-state index contributed by atoms with van der Waals surface area (Å²) in [5, 5.41) is 0. The van der Waals surface area contributed by atoms with Gasteiger partial charge in [0.1, 0.15) is 6.04 Å². The van der Waals surface area contributed by atoms with Crippen LogP contribution in [0.4, 0.5) is 5.69 Å². The van der Waals surface area contributed by atoms with Crippen LogP contribution in [0.2, 0.25) is 0 Å². The molecule has 0 bridgehead atoms. The van der Waals surface area contributed by atoms with Gasteiger partial charge in [0.25, 0.3) is 0 Å². The maximum atomic E-state index is 12.1.